The summed E-state index contributed by atoms with van der Waals surface area (Å²) in [5, 5.41) is 7.66. The number of fused-ring (bicyclic) bond motifs is 13. The van der Waals surface area contributed by atoms with Crippen molar-refractivity contribution < 1.29 is 14.3 Å². The molecule has 7 heteroatoms. The number of hydrogen-bond acceptors (Lipinski definition) is 4. The number of methoxy groups -OCH3 is 1. The number of hydrogen-bond donors (Lipinski definition) is 1. The number of carbonyl (C=O) groups excluding carboxylic acids is 1. The van der Waals surface area contributed by atoms with E-state index in [2.05, 4.69) is 68.8 Å². The Morgan fingerprint density at radius 1 is 1.06 bits per heavy atom. The highest BCUT2D eigenvalue weighted by Crippen LogP contribution is 2.53. The van der Waals surface area contributed by atoms with Crippen LogP contribution in [-0.2, 0) is 15.2 Å². The standard InChI is InChI=1S/C28H24N4O3/c1-28-26(34-3)17(29-2)12-20(35-28)31-18-10-6-4-8-14(18)22-23-16(13-30-27(23)33)21-15-9-5-7-11-19(15)32(28)25(21)24(22)31/h4-11,13,17,20,26,29H,12H2,1-3H3/t17-,20+,26+,28-/m0/s1. The van der Waals surface area contributed by atoms with Gasteiger partial charge in [-0.25, -0.2) is 4.99 Å². The van der Waals surface area contributed by atoms with Crippen LogP contribution in [0.1, 0.15) is 35.5 Å². The summed E-state index contributed by atoms with van der Waals surface area (Å²) >= 11 is 0. The van der Waals surface area contributed by atoms with Crippen molar-refractivity contribution in [3.8, 4) is 0 Å². The molecule has 3 aliphatic heterocycles. The maximum absolute atomic E-state index is 13.2. The maximum atomic E-state index is 13.2. The van der Waals surface area contributed by atoms with Crippen LogP contribution in [0.25, 0.3) is 43.6 Å². The van der Waals surface area contributed by atoms with Crippen LogP contribution < -0.4 is 5.32 Å². The molecule has 0 radical (unpaired) electrons. The molecule has 3 aromatic carbocycles. The summed E-state index contributed by atoms with van der Waals surface area (Å²) in [5.74, 6) is -0.177. The third-order valence-corrected chi connectivity index (χ3v) is 8.40. The van der Waals surface area contributed by atoms with Gasteiger partial charge in [-0.05, 0) is 26.1 Å². The number of amides is 1. The molecule has 5 heterocycles. The molecule has 0 saturated carbocycles. The molecule has 35 heavy (non-hydrogen) atoms. The average Bonchev–Trinajstić information content (AvgIpc) is 3.51. The Morgan fingerprint density at radius 2 is 1.77 bits per heavy atom. The zero-order valence-corrected chi connectivity index (χ0v) is 19.7. The Labute approximate surface area is 200 Å². The van der Waals surface area contributed by atoms with Gasteiger partial charge in [-0.15, -0.1) is 0 Å². The number of likely N-dealkylation sites (N-methyl/N-ethyl adjacent to an activating group) is 1. The van der Waals surface area contributed by atoms with E-state index in [1.54, 1.807) is 13.3 Å². The number of para-hydroxylation sites is 2. The first-order valence-corrected chi connectivity index (χ1v) is 12.1. The van der Waals surface area contributed by atoms with Gasteiger partial charge in [0.1, 0.15) is 12.3 Å². The molecule has 7 nitrogen and oxygen atoms in total. The zero-order chi connectivity index (χ0) is 23.6. The first-order valence-electron chi connectivity index (χ1n) is 12.1. The molecule has 0 aliphatic carbocycles. The highest BCUT2D eigenvalue weighted by atomic mass is 16.6. The van der Waals surface area contributed by atoms with Crippen LogP contribution in [0.2, 0.25) is 0 Å². The number of rotatable bonds is 2. The van der Waals surface area contributed by atoms with E-state index in [1.165, 1.54) is 0 Å². The molecule has 2 bridgehead atoms. The van der Waals surface area contributed by atoms with Crippen molar-refractivity contribution in [2.45, 2.75) is 37.4 Å². The fourth-order valence-corrected chi connectivity index (χ4v) is 7.14. The number of nitrogens with zero attached hydrogens (tertiary/aromatic N) is 3. The summed E-state index contributed by atoms with van der Waals surface area (Å²) in [7, 11) is 3.75. The Kier molecular flexibility index (Phi) is 3.60. The minimum absolute atomic E-state index is 0.0699. The third kappa shape index (κ3) is 2.10. The van der Waals surface area contributed by atoms with Crippen molar-refractivity contribution in [3.63, 3.8) is 0 Å². The van der Waals surface area contributed by atoms with Crippen LogP contribution in [0, 0.1) is 0 Å². The van der Waals surface area contributed by atoms with Crippen LogP contribution in [-0.4, -0.2) is 47.6 Å². The van der Waals surface area contributed by atoms with Gasteiger partial charge in [0.25, 0.3) is 5.91 Å². The minimum atomic E-state index is -0.784. The van der Waals surface area contributed by atoms with Gasteiger partial charge in [0, 0.05) is 52.9 Å². The third-order valence-electron chi connectivity index (χ3n) is 8.40. The Morgan fingerprint density at radius 3 is 2.51 bits per heavy atom. The predicted octanol–water partition coefficient (Wildman–Crippen LogP) is 4.68. The SMILES string of the molecule is CN[C@H]1C[C@H]2O[C@@](C)([C@@H]1OC)n1c3ccccc3c3c4c(c5c6ccccc6n2c5c31)C(=O)N=C4. The molecule has 3 aliphatic rings. The summed E-state index contributed by atoms with van der Waals surface area (Å²) in [5.41, 5.74) is 5.04. The summed E-state index contributed by atoms with van der Waals surface area (Å²) < 4.78 is 17.9. The quantitative estimate of drug-likeness (QED) is 0.412. The molecule has 5 aromatic rings. The van der Waals surface area contributed by atoms with Crippen LogP contribution in [0.5, 0.6) is 0 Å². The molecule has 2 aromatic heterocycles. The molecule has 1 saturated heterocycles. The monoisotopic (exact) mass is 464 g/mol. The van der Waals surface area contributed by atoms with Crippen molar-refractivity contribution >= 4 is 55.7 Å². The van der Waals surface area contributed by atoms with Gasteiger partial charge in [-0.3, -0.25) is 4.79 Å². The second-order valence-electron chi connectivity index (χ2n) is 9.95. The lowest BCUT2D eigenvalue weighted by Gasteiger charge is -2.48. The molecule has 0 unspecified atom stereocenters. The van der Waals surface area contributed by atoms with E-state index >= 15 is 0 Å². The van der Waals surface area contributed by atoms with Crippen molar-refractivity contribution in [1.29, 1.82) is 0 Å². The van der Waals surface area contributed by atoms with Gasteiger partial charge in [0.2, 0.25) is 0 Å². The fourth-order valence-electron chi connectivity index (χ4n) is 7.14. The van der Waals surface area contributed by atoms with E-state index in [9.17, 15) is 4.79 Å². The number of carbonyl (C=O) groups is 1. The van der Waals surface area contributed by atoms with E-state index < -0.39 is 5.72 Å². The lowest BCUT2D eigenvalue weighted by atomic mass is 9.93. The number of nitrogens with one attached hydrogen (secondary N) is 1. The van der Waals surface area contributed by atoms with Gasteiger partial charge < -0.3 is 23.9 Å². The molecular weight excluding hydrogens is 440 g/mol. The van der Waals surface area contributed by atoms with E-state index in [4.69, 9.17) is 9.47 Å². The molecule has 1 fully saturated rings. The van der Waals surface area contributed by atoms with Crippen LogP contribution in [0.15, 0.2) is 53.5 Å². The molecule has 0 spiro atoms. The summed E-state index contributed by atoms with van der Waals surface area (Å²) in [6.45, 7) is 2.14. The topological polar surface area (TPSA) is 69.8 Å². The predicted molar refractivity (Wildman–Crippen MR) is 136 cm³/mol. The Bertz CT molecular complexity index is 1790. The first kappa shape index (κ1) is 19.8. The Balaban J connectivity index is 1.73. The van der Waals surface area contributed by atoms with Gasteiger partial charge in [0.05, 0.1) is 27.6 Å². The summed E-state index contributed by atoms with van der Waals surface area (Å²) in [6.07, 6.45) is 2.03. The van der Waals surface area contributed by atoms with Gasteiger partial charge in [0.15, 0.2) is 5.72 Å². The average molecular weight is 465 g/mol. The second-order valence-corrected chi connectivity index (χ2v) is 9.95. The van der Waals surface area contributed by atoms with Gasteiger partial charge in [-0.2, -0.15) is 0 Å². The lowest BCUT2D eigenvalue weighted by molar-refractivity contribution is -0.256. The van der Waals surface area contributed by atoms with Crippen molar-refractivity contribution in [3.05, 3.63) is 59.7 Å². The van der Waals surface area contributed by atoms with E-state index in [0.717, 1.165) is 55.6 Å². The minimum Gasteiger partial charge on any atom is -0.375 e. The highest BCUT2D eigenvalue weighted by molar-refractivity contribution is 6.36. The zero-order valence-electron chi connectivity index (χ0n) is 19.7. The van der Waals surface area contributed by atoms with Crippen molar-refractivity contribution in [2.24, 2.45) is 4.99 Å². The second kappa shape index (κ2) is 6.37. The maximum Gasteiger partial charge on any atom is 0.278 e. The first-order chi connectivity index (χ1) is 17.1. The molecule has 1 N–H and O–H groups in total. The fraction of sp³-hybridized carbons (Fsp3) is 0.286. The van der Waals surface area contributed by atoms with E-state index in [1.807, 2.05) is 13.1 Å². The number of benzene rings is 3. The normalized spacial score (nSPS) is 27.1. The Hall–Kier alpha value is -3.52. The summed E-state index contributed by atoms with van der Waals surface area (Å²) in [4.78, 5) is 17.5. The summed E-state index contributed by atoms with van der Waals surface area (Å²) in [6, 6.07) is 16.8. The van der Waals surface area contributed by atoms with Crippen molar-refractivity contribution in [1.82, 2.24) is 14.5 Å². The lowest BCUT2D eigenvalue weighted by Crippen LogP contribution is -2.59. The van der Waals surface area contributed by atoms with Crippen molar-refractivity contribution in [2.75, 3.05) is 14.2 Å². The molecule has 8 rings (SSSR count). The highest BCUT2D eigenvalue weighted by Gasteiger charge is 2.52. The van der Waals surface area contributed by atoms with Crippen LogP contribution in [0.3, 0.4) is 0 Å². The smallest absolute Gasteiger partial charge is 0.278 e. The molecule has 1 amide bonds. The molecule has 174 valence electrons. The van der Waals surface area contributed by atoms with E-state index in [-0.39, 0.29) is 24.3 Å². The van der Waals surface area contributed by atoms with Crippen LogP contribution >= 0.6 is 0 Å². The van der Waals surface area contributed by atoms with E-state index in [0.29, 0.717) is 5.56 Å². The van der Waals surface area contributed by atoms with Gasteiger partial charge >= 0.3 is 0 Å². The number of aliphatic imine (C=N–C) groups is 1. The van der Waals surface area contributed by atoms with Gasteiger partial charge in [-0.1, -0.05) is 36.4 Å². The number of ether oxygens (including phenoxy) is 2. The molecule has 4 atom stereocenters. The van der Waals surface area contributed by atoms with Crippen LogP contribution in [0.4, 0.5) is 0 Å². The number of aromatic nitrogens is 2. The largest absolute Gasteiger partial charge is 0.375 e. The molecular formula is C28H24N4O3.